The number of unbranched alkanes of at least 4 members (excludes halogenated alkanes) is 3. The molecule has 0 saturated carbocycles. The Bertz CT molecular complexity index is 3260. The first-order chi connectivity index (χ1) is 34.2. The van der Waals surface area contributed by atoms with Gasteiger partial charge in [0.05, 0.1) is 22.8 Å². The van der Waals surface area contributed by atoms with Crippen LogP contribution in [0.15, 0.2) is 114 Å². The number of rotatable bonds is 16. The van der Waals surface area contributed by atoms with Crippen LogP contribution in [0.25, 0.3) is 80.0 Å². The molecule has 0 saturated heterocycles. The normalized spacial score (nSPS) is 12.1. The molecule has 11 nitrogen and oxygen atoms in total. The molecule has 1 aliphatic carbocycles. The average molecular weight is 1150 g/mol. The van der Waals surface area contributed by atoms with Crippen molar-refractivity contribution >= 4 is 87.1 Å². The second-order valence-corrected chi connectivity index (χ2v) is 20.3. The van der Waals surface area contributed by atoms with Crippen molar-refractivity contribution in [3.63, 3.8) is 0 Å². The third-order valence-corrected chi connectivity index (χ3v) is 15.8. The van der Waals surface area contributed by atoms with Crippen LogP contribution in [0.4, 0.5) is 13.2 Å². The number of thiophene rings is 4. The molecule has 0 unspecified atom stereocenters. The molecular formula is C52H42F3N7O4RuS5. The Morgan fingerprint density at radius 3 is 2.08 bits per heavy atom. The SMILES string of the molecule is CC1(C)c2ccsc2-c2sc(-c3ccc(-c4ccnc(-c5cc(OC=O)cc(-c6cc(OC=O)ccn6)n5)c4)s3)cc21.CCCCCCc1ccsc1-c1ccnc(/C([NH-])=C/C(=N)C(F)(F)F)c1.[N-]=C=S.[Ru+2]. The van der Waals surface area contributed by atoms with E-state index in [-0.39, 0.29) is 30.6 Å². The van der Waals surface area contributed by atoms with Crippen LogP contribution in [0.2, 0.25) is 0 Å². The van der Waals surface area contributed by atoms with E-state index < -0.39 is 17.6 Å². The maximum Gasteiger partial charge on any atom is 2.00 e. The maximum absolute atomic E-state index is 12.5. The van der Waals surface area contributed by atoms with Crippen LogP contribution >= 0.6 is 57.6 Å². The van der Waals surface area contributed by atoms with E-state index in [2.05, 4.69) is 83.7 Å². The van der Waals surface area contributed by atoms with Gasteiger partial charge in [0.2, 0.25) is 0 Å². The molecular weight excluding hydrogens is 1110 g/mol. The molecule has 0 amide bonds. The molecule has 0 aliphatic heterocycles. The van der Waals surface area contributed by atoms with E-state index in [1.807, 2.05) is 40.2 Å². The van der Waals surface area contributed by atoms with Crippen molar-refractivity contribution < 1.29 is 51.7 Å². The first-order valence-corrected chi connectivity index (χ1v) is 25.6. The predicted molar refractivity (Wildman–Crippen MR) is 284 cm³/mol. The van der Waals surface area contributed by atoms with E-state index in [9.17, 15) is 22.8 Å². The number of ether oxygens (including phenoxy) is 2. The Kier molecular flexibility index (Phi) is 19.1. The van der Waals surface area contributed by atoms with Crippen LogP contribution in [0, 0.1) is 5.41 Å². The fourth-order valence-electron chi connectivity index (χ4n) is 7.74. The topological polar surface area (TPSA) is 174 Å². The Hall–Kier alpha value is -6.24. The van der Waals surface area contributed by atoms with Crippen LogP contribution in [0.1, 0.15) is 68.8 Å². The van der Waals surface area contributed by atoms with Gasteiger partial charge in [0.25, 0.3) is 12.9 Å². The molecule has 0 aromatic carbocycles. The molecule has 0 fully saturated rings. The minimum atomic E-state index is -4.76. The van der Waals surface area contributed by atoms with Gasteiger partial charge >= 0.3 is 25.7 Å². The van der Waals surface area contributed by atoms with Crippen molar-refractivity contribution in [1.82, 2.24) is 19.9 Å². The van der Waals surface area contributed by atoms with Crippen LogP contribution < -0.4 is 9.47 Å². The Labute approximate surface area is 447 Å². The first-order valence-electron chi connectivity index (χ1n) is 21.8. The van der Waals surface area contributed by atoms with E-state index in [1.54, 1.807) is 65.3 Å². The summed E-state index contributed by atoms with van der Waals surface area (Å²) in [5, 5.41) is 19.7. The number of isothiocyanates is 1. The Balaban J connectivity index is 0.000000244. The Morgan fingerprint density at radius 2 is 1.38 bits per heavy atom. The number of nitrogens with one attached hydrogen (secondary N) is 2. The molecule has 2 N–H and O–H groups in total. The molecule has 1 aliphatic rings. The van der Waals surface area contributed by atoms with E-state index in [0.29, 0.717) is 53.3 Å². The smallest absolute Gasteiger partial charge is 0.753 e. The molecule has 9 rings (SSSR count). The van der Waals surface area contributed by atoms with Gasteiger partial charge in [0, 0.05) is 77.2 Å². The fraction of sp³-hybridized carbons (Fsp3) is 0.192. The zero-order valence-electron chi connectivity index (χ0n) is 38.6. The molecule has 8 aromatic rings. The molecule has 0 atom stereocenters. The number of nitrogens with zero attached hydrogens (tertiary/aromatic N) is 5. The van der Waals surface area contributed by atoms with Crippen LogP contribution in [0.5, 0.6) is 11.5 Å². The minimum Gasteiger partial charge on any atom is -0.753 e. The van der Waals surface area contributed by atoms with Crippen molar-refractivity contribution in [3.8, 4) is 74.7 Å². The Morgan fingerprint density at radius 1 is 0.750 bits per heavy atom. The van der Waals surface area contributed by atoms with Gasteiger partial charge in [-0.15, -0.1) is 51.0 Å². The number of carbonyl (C=O) groups is 2. The number of fused-ring (bicyclic) bond motifs is 3. The summed E-state index contributed by atoms with van der Waals surface area (Å²) >= 11 is 10.7. The number of pyridine rings is 4. The quantitative estimate of drug-likeness (QED) is 0.0325. The van der Waals surface area contributed by atoms with Gasteiger partial charge in [0.15, 0.2) is 0 Å². The van der Waals surface area contributed by atoms with Crippen LogP contribution in [-0.2, 0) is 40.9 Å². The minimum absolute atomic E-state index is 0. The van der Waals surface area contributed by atoms with Crippen molar-refractivity contribution in [2.75, 3.05) is 0 Å². The summed E-state index contributed by atoms with van der Waals surface area (Å²) < 4.78 is 47.6. The van der Waals surface area contributed by atoms with Crippen LogP contribution in [-0.4, -0.2) is 49.9 Å². The predicted octanol–water partition coefficient (Wildman–Crippen LogP) is 15.7. The number of thiocarbonyl (C=S) groups is 1. The molecule has 0 bridgehead atoms. The summed E-state index contributed by atoms with van der Waals surface area (Å²) in [5.41, 5.74) is 13.9. The third kappa shape index (κ3) is 13.0. The summed E-state index contributed by atoms with van der Waals surface area (Å²) in [5.74, 6) is 0.616. The monoisotopic (exact) mass is 1150 g/mol. The number of allylic oxidation sites excluding steroid dienone is 1. The van der Waals surface area contributed by atoms with Crippen molar-refractivity contribution in [2.24, 2.45) is 0 Å². The van der Waals surface area contributed by atoms with Gasteiger partial charge in [-0.3, -0.25) is 30.0 Å². The third-order valence-electron chi connectivity index (χ3n) is 11.2. The van der Waals surface area contributed by atoms with Crippen molar-refractivity contribution in [1.29, 1.82) is 5.41 Å². The van der Waals surface area contributed by atoms with Gasteiger partial charge in [-0.1, -0.05) is 52.3 Å². The molecule has 0 spiro atoms. The molecule has 8 aromatic heterocycles. The van der Waals surface area contributed by atoms with Gasteiger partial charge in [-0.2, -0.15) is 18.3 Å². The second kappa shape index (κ2) is 24.9. The average Bonchev–Trinajstić information content (AvgIpc) is 4.22. The zero-order valence-corrected chi connectivity index (χ0v) is 44.4. The zero-order chi connectivity index (χ0) is 50.7. The van der Waals surface area contributed by atoms with E-state index >= 15 is 0 Å². The number of aryl methyl sites for hydroxylation is 1. The number of halogens is 3. The van der Waals surface area contributed by atoms with Crippen LogP contribution in [0.3, 0.4) is 0 Å². The van der Waals surface area contributed by atoms with E-state index in [0.717, 1.165) is 33.7 Å². The molecule has 20 heteroatoms. The van der Waals surface area contributed by atoms with Crippen molar-refractivity contribution in [2.45, 2.75) is 64.5 Å². The summed E-state index contributed by atoms with van der Waals surface area (Å²) in [6.45, 7) is 7.49. The second-order valence-electron chi connectivity index (χ2n) is 16.2. The van der Waals surface area contributed by atoms with Crippen molar-refractivity contribution in [3.05, 3.63) is 148 Å². The van der Waals surface area contributed by atoms with E-state index in [4.69, 9.17) is 31.0 Å². The molecule has 0 radical (unpaired) electrons. The summed E-state index contributed by atoms with van der Waals surface area (Å²) in [4.78, 5) is 47.0. The molecule has 368 valence electrons. The summed E-state index contributed by atoms with van der Waals surface area (Å²) in [6, 6.07) is 24.8. The maximum atomic E-state index is 12.5. The number of hydrogen-bond donors (Lipinski definition) is 1. The number of alkyl halides is 3. The number of aromatic nitrogens is 4. The van der Waals surface area contributed by atoms with Gasteiger partial charge < -0.3 is 20.6 Å². The summed E-state index contributed by atoms with van der Waals surface area (Å²) in [6.07, 6.45) is 6.09. The molecule has 72 heavy (non-hydrogen) atoms. The fourth-order valence-corrected chi connectivity index (χ4v) is 12.3. The number of carbonyl (C=O) groups excluding carboxylic acids is 2. The number of hydrogen-bond acceptors (Lipinski definition) is 14. The first kappa shape index (κ1) is 55.1. The standard InChI is InChI=1S/C32H21N3O4S3.C19H21F3N3S.CNS.Ru/c1-32(2)21-7-10-40-30(21)31-22(32)15-29(42-31)28-4-3-27(41-28)18-5-8-33-23(11-18)25-13-20(39-17-37)14-26(35-25)24-12-19(38-16-36)6-9-34-24;1-2-3-4-5-6-13-8-10-26-18(13)14-7-9-25-16(11-14)15(23)12-17(24)19(20,21)22;2-1-3;/h3-17H,1-2H3;7-12,23-24H,2-6H2,1H3;;/q;2*-1;+2/b;15-12-,24-17?;;. The largest absolute Gasteiger partial charge is 2.00 e. The van der Waals surface area contributed by atoms with E-state index in [1.165, 1.54) is 73.0 Å². The molecule has 8 heterocycles. The van der Waals surface area contributed by atoms with Gasteiger partial charge in [-0.05, 0) is 118 Å². The summed E-state index contributed by atoms with van der Waals surface area (Å²) in [7, 11) is 0. The van der Waals surface area contributed by atoms with Gasteiger partial charge in [0.1, 0.15) is 17.2 Å². The van der Waals surface area contributed by atoms with Gasteiger partial charge in [-0.25, -0.2) is 4.98 Å².